The molecule has 19 heavy (non-hydrogen) atoms. The van der Waals surface area contributed by atoms with Crippen LogP contribution >= 0.6 is 0 Å². The molecule has 1 heterocycles. The second-order valence-corrected chi connectivity index (χ2v) is 4.60. The minimum atomic E-state index is -0.508. The van der Waals surface area contributed by atoms with Gasteiger partial charge in [0, 0.05) is 17.1 Å². The van der Waals surface area contributed by atoms with Crippen molar-refractivity contribution in [2.75, 3.05) is 7.11 Å². The van der Waals surface area contributed by atoms with Gasteiger partial charge in [-0.15, -0.1) is 0 Å². The molecular weight excluding hydrogens is 249 g/mol. The number of nitrogens with zero attached hydrogens (tertiary/aromatic N) is 1. The number of methoxy groups -OCH3 is 1. The zero-order chi connectivity index (χ0) is 14.2. The van der Waals surface area contributed by atoms with Crippen molar-refractivity contribution >= 4 is 17.0 Å². The lowest BCUT2D eigenvalue weighted by Crippen LogP contribution is -2.18. The van der Waals surface area contributed by atoms with Crippen LogP contribution in [0.25, 0.3) is 10.9 Å². The van der Waals surface area contributed by atoms with Crippen LogP contribution in [0.1, 0.15) is 19.5 Å². The van der Waals surface area contributed by atoms with E-state index in [0.29, 0.717) is 11.2 Å². The summed E-state index contributed by atoms with van der Waals surface area (Å²) in [7, 11) is 1.40. The molecule has 0 aliphatic carbocycles. The fourth-order valence-corrected chi connectivity index (χ4v) is 2.00. The first-order valence-corrected chi connectivity index (χ1v) is 6.00. The molecule has 0 bridgehead atoms. The van der Waals surface area contributed by atoms with Crippen molar-refractivity contribution in [3.05, 3.63) is 29.7 Å². The highest BCUT2D eigenvalue weighted by atomic mass is 19.1. The Bertz CT molecular complexity index is 631. The molecule has 1 aromatic heterocycles. The van der Waals surface area contributed by atoms with Gasteiger partial charge in [-0.25, -0.2) is 13.8 Å². The monoisotopic (exact) mass is 265 g/mol. The van der Waals surface area contributed by atoms with Crippen molar-refractivity contribution in [1.82, 2.24) is 4.57 Å². The topological polar surface area (TPSA) is 40.5 Å². The van der Waals surface area contributed by atoms with Gasteiger partial charge in [-0.2, -0.15) is 0 Å². The maximum Gasteiger partial charge on any atom is 0.418 e. The predicted molar refractivity (Wildman–Crippen MR) is 70.2 cm³/mol. The molecule has 2 rings (SSSR count). The summed E-state index contributed by atoms with van der Waals surface area (Å²) in [6.07, 6.45) is -0.737. The van der Waals surface area contributed by atoms with Crippen molar-refractivity contribution < 1.29 is 18.7 Å². The zero-order valence-electron chi connectivity index (χ0n) is 11.4. The molecule has 0 radical (unpaired) electrons. The minimum Gasteiger partial charge on any atom is -0.494 e. The average molecular weight is 265 g/mol. The van der Waals surface area contributed by atoms with Gasteiger partial charge in [-0.05, 0) is 32.9 Å². The third-order valence-corrected chi connectivity index (χ3v) is 2.78. The molecule has 0 fully saturated rings. The fraction of sp³-hybridized carbons (Fsp3) is 0.357. The second-order valence-electron chi connectivity index (χ2n) is 4.60. The predicted octanol–water partition coefficient (Wildman–Crippen LogP) is 3.49. The van der Waals surface area contributed by atoms with Crippen LogP contribution in [-0.2, 0) is 4.74 Å². The van der Waals surface area contributed by atoms with E-state index < -0.39 is 11.9 Å². The normalized spacial score (nSPS) is 11.1. The van der Waals surface area contributed by atoms with Crippen molar-refractivity contribution in [2.24, 2.45) is 0 Å². The molecule has 5 heteroatoms. The van der Waals surface area contributed by atoms with Gasteiger partial charge in [-0.1, -0.05) is 0 Å². The SMILES string of the molecule is COc1cc2cc(C)n(C(=O)OC(C)C)c2cc1F. The van der Waals surface area contributed by atoms with Crippen LogP contribution in [0.2, 0.25) is 0 Å². The summed E-state index contributed by atoms with van der Waals surface area (Å²) in [6.45, 7) is 5.30. The number of hydrogen-bond donors (Lipinski definition) is 0. The van der Waals surface area contributed by atoms with Crippen molar-refractivity contribution in [3.63, 3.8) is 0 Å². The molecule has 0 aliphatic heterocycles. The molecule has 0 saturated carbocycles. The van der Waals surface area contributed by atoms with Gasteiger partial charge >= 0.3 is 6.09 Å². The summed E-state index contributed by atoms with van der Waals surface area (Å²) in [5.74, 6) is -0.353. The highest BCUT2D eigenvalue weighted by molar-refractivity contribution is 5.91. The van der Waals surface area contributed by atoms with Crippen LogP contribution < -0.4 is 4.74 Å². The van der Waals surface area contributed by atoms with Crippen LogP contribution in [0, 0.1) is 12.7 Å². The summed E-state index contributed by atoms with van der Waals surface area (Å²) in [6, 6.07) is 4.64. The van der Waals surface area contributed by atoms with E-state index in [9.17, 15) is 9.18 Å². The lowest BCUT2D eigenvalue weighted by atomic mass is 10.2. The number of rotatable bonds is 2. The Balaban J connectivity index is 2.58. The number of ether oxygens (including phenoxy) is 2. The van der Waals surface area contributed by atoms with Crippen LogP contribution in [0.4, 0.5) is 9.18 Å². The van der Waals surface area contributed by atoms with E-state index in [2.05, 4.69) is 0 Å². The minimum absolute atomic E-state index is 0.155. The molecule has 0 N–H and O–H groups in total. The summed E-state index contributed by atoms with van der Waals surface area (Å²) < 4.78 is 25.2. The highest BCUT2D eigenvalue weighted by Crippen LogP contribution is 2.27. The molecule has 102 valence electrons. The second kappa shape index (κ2) is 4.91. The van der Waals surface area contributed by atoms with Gasteiger partial charge in [-0.3, -0.25) is 0 Å². The lowest BCUT2D eigenvalue weighted by Gasteiger charge is -2.11. The molecule has 0 atom stereocenters. The highest BCUT2D eigenvalue weighted by Gasteiger charge is 2.17. The number of carbonyl (C=O) groups excluding carboxylic acids is 1. The number of aromatic nitrogens is 1. The Morgan fingerprint density at radius 2 is 2.00 bits per heavy atom. The number of carbonyl (C=O) groups is 1. The number of benzene rings is 1. The van der Waals surface area contributed by atoms with E-state index >= 15 is 0 Å². The van der Waals surface area contributed by atoms with Crippen molar-refractivity contribution in [2.45, 2.75) is 26.9 Å². The summed E-state index contributed by atoms with van der Waals surface area (Å²) >= 11 is 0. The Morgan fingerprint density at radius 3 is 2.58 bits per heavy atom. The molecule has 0 spiro atoms. The Morgan fingerprint density at radius 1 is 1.32 bits per heavy atom. The number of hydrogen-bond acceptors (Lipinski definition) is 3. The molecule has 4 nitrogen and oxygen atoms in total. The van der Waals surface area contributed by atoms with Gasteiger partial charge in [0.1, 0.15) is 0 Å². The first kappa shape index (κ1) is 13.4. The zero-order valence-corrected chi connectivity index (χ0v) is 11.4. The summed E-state index contributed by atoms with van der Waals surface area (Å²) in [5, 5.41) is 0.733. The molecule has 1 aromatic carbocycles. The van der Waals surface area contributed by atoms with E-state index in [1.54, 1.807) is 32.9 Å². The van der Waals surface area contributed by atoms with Gasteiger partial charge in [0.2, 0.25) is 0 Å². The van der Waals surface area contributed by atoms with E-state index in [-0.39, 0.29) is 11.9 Å². The Labute approximate surface area is 110 Å². The number of fused-ring (bicyclic) bond motifs is 1. The Hall–Kier alpha value is -2.04. The Kier molecular flexibility index (Phi) is 3.46. The fourth-order valence-electron chi connectivity index (χ4n) is 2.00. The van der Waals surface area contributed by atoms with Crippen LogP contribution in [0.3, 0.4) is 0 Å². The summed E-state index contributed by atoms with van der Waals surface area (Å²) in [4.78, 5) is 12.0. The van der Waals surface area contributed by atoms with Crippen molar-refractivity contribution in [3.8, 4) is 5.75 Å². The molecule has 0 saturated heterocycles. The van der Waals surface area contributed by atoms with E-state index in [1.807, 2.05) is 0 Å². The number of aryl methyl sites for hydroxylation is 1. The molecule has 0 unspecified atom stereocenters. The van der Waals surface area contributed by atoms with E-state index in [1.165, 1.54) is 17.7 Å². The van der Waals surface area contributed by atoms with Crippen LogP contribution in [-0.4, -0.2) is 23.9 Å². The summed E-state index contributed by atoms with van der Waals surface area (Å²) in [5.41, 5.74) is 1.16. The van der Waals surface area contributed by atoms with Crippen LogP contribution in [0.5, 0.6) is 5.75 Å². The largest absolute Gasteiger partial charge is 0.494 e. The lowest BCUT2D eigenvalue weighted by molar-refractivity contribution is 0.117. The quantitative estimate of drug-likeness (QED) is 0.834. The smallest absolute Gasteiger partial charge is 0.418 e. The van der Waals surface area contributed by atoms with Crippen LogP contribution in [0.15, 0.2) is 18.2 Å². The first-order valence-electron chi connectivity index (χ1n) is 6.00. The molecule has 0 aliphatic rings. The molecule has 2 aromatic rings. The maximum atomic E-state index is 13.7. The average Bonchev–Trinajstić information content (AvgIpc) is 2.62. The third kappa shape index (κ3) is 2.41. The van der Waals surface area contributed by atoms with E-state index in [4.69, 9.17) is 9.47 Å². The van der Waals surface area contributed by atoms with Gasteiger partial charge in [0.15, 0.2) is 11.6 Å². The van der Waals surface area contributed by atoms with Gasteiger partial charge in [0.25, 0.3) is 0 Å². The first-order chi connectivity index (χ1) is 8.93. The molecule has 0 amide bonds. The number of halogens is 1. The maximum absolute atomic E-state index is 13.7. The van der Waals surface area contributed by atoms with E-state index in [0.717, 1.165) is 5.39 Å². The molecular formula is C14H16FNO3. The van der Waals surface area contributed by atoms with Crippen molar-refractivity contribution in [1.29, 1.82) is 0 Å². The third-order valence-electron chi connectivity index (χ3n) is 2.78. The van der Waals surface area contributed by atoms with Gasteiger partial charge < -0.3 is 9.47 Å². The van der Waals surface area contributed by atoms with Gasteiger partial charge in [0.05, 0.1) is 18.7 Å². The standard InChI is InChI=1S/C14H16FNO3/c1-8(2)19-14(17)16-9(3)5-10-6-13(18-4)11(15)7-12(10)16/h5-8H,1-4H3.